The molecule has 1 unspecified atom stereocenters. The molecule has 3 aromatic heterocycles. The molecule has 0 aliphatic rings. The van der Waals surface area contributed by atoms with Crippen molar-refractivity contribution in [3.05, 3.63) is 65.9 Å². The SMILES string of the molecule is N#CCC(c1cc(C#N)cc(C#N)c1)n1cc(-c2ncnc3[nH]ccc23)cn1. The number of fused-ring (bicyclic) bond motifs is 1. The maximum Gasteiger partial charge on any atom is 0.141 e. The van der Waals surface area contributed by atoms with Crippen molar-refractivity contribution in [2.45, 2.75) is 12.5 Å². The lowest BCUT2D eigenvalue weighted by atomic mass is 9.99. The van der Waals surface area contributed by atoms with E-state index < -0.39 is 6.04 Å². The van der Waals surface area contributed by atoms with E-state index >= 15 is 0 Å². The molecular formula is C20H12N8. The number of nitrogens with one attached hydrogen (secondary N) is 1. The van der Waals surface area contributed by atoms with Crippen LogP contribution >= 0.6 is 0 Å². The van der Waals surface area contributed by atoms with Crippen molar-refractivity contribution >= 4 is 11.0 Å². The van der Waals surface area contributed by atoms with Crippen LogP contribution in [0.1, 0.15) is 29.2 Å². The van der Waals surface area contributed by atoms with Gasteiger partial charge in [-0.05, 0) is 29.8 Å². The molecule has 0 aliphatic heterocycles. The minimum atomic E-state index is -0.428. The molecule has 0 radical (unpaired) electrons. The molecule has 8 nitrogen and oxygen atoms in total. The van der Waals surface area contributed by atoms with Gasteiger partial charge in [0.2, 0.25) is 0 Å². The second kappa shape index (κ2) is 7.03. The van der Waals surface area contributed by atoms with Gasteiger partial charge in [0.15, 0.2) is 0 Å². The normalized spacial score (nSPS) is 11.5. The lowest BCUT2D eigenvalue weighted by Gasteiger charge is -2.15. The molecule has 0 spiro atoms. The second-order valence-corrected chi connectivity index (χ2v) is 6.12. The third-order valence-corrected chi connectivity index (χ3v) is 4.43. The molecule has 8 heteroatoms. The molecule has 1 atom stereocenters. The van der Waals surface area contributed by atoms with Crippen LogP contribution in [0.4, 0.5) is 0 Å². The summed E-state index contributed by atoms with van der Waals surface area (Å²) in [4.78, 5) is 11.6. The van der Waals surface area contributed by atoms with Gasteiger partial charge in [-0.2, -0.15) is 20.9 Å². The van der Waals surface area contributed by atoms with Gasteiger partial charge < -0.3 is 4.98 Å². The fourth-order valence-electron chi connectivity index (χ4n) is 3.16. The summed E-state index contributed by atoms with van der Waals surface area (Å²) in [6.07, 6.45) is 6.90. The second-order valence-electron chi connectivity index (χ2n) is 6.12. The van der Waals surface area contributed by atoms with Gasteiger partial charge >= 0.3 is 0 Å². The van der Waals surface area contributed by atoms with Crippen LogP contribution in [-0.2, 0) is 0 Å². The van der Waals surface area contributed by atoms with E-state index in [-0.39, 0.29) is 6.42 Å². The zero-order valence-corrected chi connectivity index (χ0v) is 14.5. The van der Waals surface area contributed by atoms with Gasteiger partial charge in [-0.15, -0.1) is 0 Å². The van der Waals surface area contributed by atoms with E-state index in [9.17, 15) is 15.8 Å². The molecule has 4 rings (SSSR count). The lowest BCUT2D eigenvalue weighted by molar-refractivity contribution is 0.532. The van der Waals surface area contributed by atoms with Crippen molar-refractivity contribution in [2.24, 2.45) is 0 Å². The summed E-state index contributed by atoms with van der Waals surface area (Å²) < 4.78 is 1.66. The van der Waals surface area contributed by atoms with E-state index in [0.717, 1.165) is 22.3 Å². The zero-order chi connectivity index (χ0) is 19.5. The molecule has 1 aromatic carbocycles. The summed E-state index contributed by atoms with van der Waals surface area (Å²) in [6, 6.07) is 12.6. The molecule has 132 valence electrons. The molecule has 0 fully saturated rings. The lowest BCUT2D eigenvalue weighted by Crippen LogP contribution is -2.11. The van der Waals surface area contributed by atoms with Crippen LogP contribution in [0, 0.1) is 34.0 Å². The van der Waals surface area contributed by atoms with Crippen LogP contribution in [-0.4, -0.2) is 24.7 Å². The van der Waals surface area contributed by atoms with Crippen molar-refractivity contribution in [3.63, 3.8) is 0 Å². The Morgan fingerprint density at radius 1 is 1.07 bits per heavy atom. The highest BCUT2D eigenvalue weighted by Crippen LogP contribution is 2.28. The van der Waals surface area contributed by atoms with E-state index in [1.54, 1.807) is 29.2 Å². The highest BCUT2D eigenvalue weighted by Gasteiger charge is 2.18. The minimum absolute atomic E-state index is 0.143. The molecule has 1 N–H and O–H groups in total. The van der Waals surface area contributed by atoms with E-state index in [1.165, 1.54) is 12.4 Å². The van der Waals surface area contributed by atoms with Crippen LogP contribution in [0.25, 0.3) is 22.3 Å². The molecule has 0 saturated heterocycles. The summed E-state index contributed by atoms with van der Waals surface area (Å²) in [6.45, 7) is 0. The molecule has 0 amide bonds. The minimum Gasteiger partial charge on any atom is -0.346 e. The third-order valence-electron chi connectivity index (χ3n) is 4.43. The molecule has 28 heavy (non-hydrogen) atoms. The Morgan fingerprint density at radius 2 is 1.86 bits per heavy atom. The predicted molar refractivity (Wildman–Crippen MR) is 99.4 cm³/mol. The number of nitriles is 3. The van der Waals surface area contributed by atoms with Crippen molar-refractivity contribution in [1.29, 1.82) is 15.8 Å². The summed E-state index contributed by atoms with van der Waals surface area (Å²) in [5, 5.41) is 33.1. The van der Waals surface area contributed by atoms with Crippen LogP contribution < -0.4 is 0 Å². The smallest absolute Gasteiger partial charge is 0.141 e. The Labute approximate surface area is 159 Å². The fourth-order valence-corrected chi connectivity index (χ4v) is 3.16. The first-order valence-electron chi connectivity index (χ1n) is 8.38. The zero-order valence-electron chi connectivity index (χ0n) is 14.5. The average Bonchev–Trinajstić information content (AvgIpc) is 3.40. The van der Waals surface area contributed by atoms with Gasteiger partial charge in [0.1, 0.15) is 12.0 Å². The topological polar surface area (TPSA) is 131 Å². The first kappa shape index (κ1) is 17.0. The Balaban J connectivity index is 1.79. The first-order valence-corrected chi connectivity index (χ1v) is 8.38. The Kier molecular flexibility index (Phi) is 4.26. The number of benzene rings is 1. The van der Waals surface area contributed by atoms with Gasteiger partial charge in [0, 0.05) is 23.3 Å². The maximum absolute atomic E-state index is 9.30. The molecule has 0 bridgehead atoms. The highest BCUT2D eigenvalue weighted by atomic mass is 15.3. The number of nitrogens with zero attached hydrogens (tertiary/aromatic N) is 7. The van der Waals surface area contributed by atoms with E-state index in [2.05, 4.69) is 38.3 Å². The summed E-state index contributed by atoms with van der Waals surface area (Å²) in [5.41, 5.74) is 3.67. The van der Waals surface area contributed by atoms with Crippen LogP contribution in [0.2, 0.25) is 0 Å². The number of aromatic nitrogens is 5. The van der Waals surface area contributed by atoms with Crippen LogP contribution in [0.3, 0.4) is 0 Å². The molecule has 0 saturated carbocycles. The van der Waals surface area contributed by atoms with Crippen molar-refractivity contribution in [2.75, 3.05) is 0 Å². The number of H-pyrrole nitrogens is 1. The van der Waals surface area contributed by atoms with Gasteiger partial charge in [-0.25, -0.2) is 9.97 Å². The van der Waals surface area contributed by atoms with Crippen molar-refractivity contribution in [1.82, 2.24) is 24.7 Å². The highest BCUT2D eigenvalue weighted by molar-refractivity contribution is 5.89. The van der Waals surface area contributed by atoms with Gasteiger partial charge in [0.05, 0.1) is 53.7 Å². The summed E-state index contributed by atoms with van der Waals surface area (Å²) >= 11 is 0. The van der Waals surface area contributed by atoms with E-state index in [4.69, 9.17) is 0 Å². The molecule has 0 aliphatic carbocycles. The molecule has 4 aromatic rings. The van der Waals surface area contributed by atoms with Crippen molar-refractivity contribution < 1.29 is 0 Å². The molecule has 3 heterocycles. The Morgan fingerprint density at radius 3 is 2.57 bits per heavy atom. The number of hydrogen-bond acceptors (Lipinski definition) is 6. The average molecular weight is 364 g/mol. The number of rotatable bonds is 4. The molecular weight excluding hydrogens is 352 g/mol. The quantitative estimate of drug-likeness (QED) is 0.592. The van der Waals surface area contributed by atoms with E-state index in [0.29, 0.717) is 16.7 Å². The monoisotopic (exact) mass is 364 g/mol. The van der Waals surface area contributed by atoms with Crippen LogP contribution in [0.15, 0.2) is 49.2 Å². The number of hydrogen-bond donors (Lipinski definition) is 1. The summed E-state index contributed by atoms with van der Waals surface area (Å²) in [7, 11) is 0. The van der Waals surface area contributed by atoms with Gasteiger partial charge in [-0.1, -0.05) is 0 Å². The predicted octanol–water partition coefficient (Wildman–Crippen LogP) is 3.07. The first-order chi connectivity index (χ1) is 13.7. The van der Waals surface area contributed by atoms with Gasteiger partial charge in [-0.3, -0.25) is 4.68 Å². The maximum atomic E-state index is 9.30. The van der Waals surface area contributed by atoms with Gasteiger partial charge in [0.25, 0.3) is 0 Å². The Bertz CT molecular complexity index is 1260. The van der Waals surface area contributed by atoms with E-state index in [1.807, 2.05) is 12.3 Å². The Hall–Kier alpha value is -4.48. The largest absolute Gasteiger partial charge is 0.346 e. The number of aromatic amines is 1. The third kappa shape index (κ3) is 2.94. The van der Waals surface area contributed by atoms with Crippen molar-refractivity contribution in [3.8, 4) is 29.5 Å². The summed E-state index contributed by atoms with van der Waals surface area (Å²) in [5.74, 6) is 0. The standard InChI is InChI=1S/C20H12N8/c21-3-1-18(15-6-13(8-22)5-14(7-15)9-23)28-11-16(10-27-28)19-17-2-4-24-20(17)26-12-25-19/h2,4-7,10-12,18H,1H2,(H,24,25,26). The fraction of sp³-hybridized carbons (Fsp3) is 0.100. The van der Waals surface area contributed by atoms with Crippen LogP contribution in [0.5, 0.6) is 0 Å².